The van der Waals surface area contributed by atoms with Crippen LogP contribution in [0.3, 0.4) is 0 Å². The molecule has 2 aromatic rings. The maximum absolute atomic E-state index is 11.5. The summed E-state index contributed by atoms with van der Waals surface area (Å²) >= 11 is 8.79. The highest BCUT2D eigenvalue weighted by Gasteiger charge is 2.04. The molecule has 2 aromatic heterocycles. The lowest BCUT2D eigenvalue weighted by atomic mass is 10.3. The number of rotatable bonds is 2. The zero-order valence-corrected chi connectivity index (χ0v) is 9.83. The molecule has 0 spiro atoms. The predicted octanol–water partition coefficient (Wildman–Crippen LogP) is 2.30. The Morgan fingerprint density at radius 2 is 2.40 bits per heavy atom. The van der Waals surface area contributed by atoms with Crippen LogP contribution in [0.25, 0.3) is 0 Å². The van der Waals surface area contributed by atoms with Crippen molar-refractivity contribution < 1.29 is 4.42 Å². The van der Waals surface area contributed by atoms with Crippen LogP contribution in [0.4, 0.5) is 0 Å². The molecule has 15 heavy (non-hydrogen) atoms. The van der Waals surface area contributed by atoms with E-state index in [9.17, 15) is 4.79 Å². The fourth-order valence-electron chi connectivity index (χ4n) is 1.17. The number of aromatic nitrogens is 2. The Labute approximate surface area is 98.6 Å². The van der Waals surface area contributed by atoms with Crippen LogP contribution in [0.2, 0.25) is 5.15 Å². The Balaban J connectivity index is 2.32. The second kappa shape index (κ2) is 4.20. The monoisotopic (exact) mass is 288 g/mol. The van der Waals surface area contributed by atoms with Gasteiger partial charge < -0.3 is 8.98 Å². The summed E-state index contributed by atoms with van der Waals surface area (Å²) in [4.78, 5) is 15.2. The van der Waals surface area contributed by atoms with Crippen LogP contribution in [-0.2, 0) is 6.54 Å². The highest BCUT2D eigenvalue weighted by Crippen LogP contribution is 2.14. The van der Waals surface area contributed by atoms with Crippen LogP contribution < -0.4 is 5.56 Å². The second-order valence-electron chi connectivity index (χ2n) is 2.91. The van der Waals surface area contributed by atoms with Crippen molar-refractivity contribution in [1.82, 2.24) is 9.55 Å². The van der Waals surface area contributed by atoms with Crippen LogP contribution in [-0.4, -0.2) is 9.55 Å². The van der Waals surface area contributed by atoms with Crippen LogP contribution in [0, 0.1) is 0 Å². The summed E-state index contributed by atoms with van der Waals surface area (Å²) in [5, 5.41) is -0.0277. The summed E-state index contributed by atoms with van der Waals surface area (Å²) in [6.07, 6.45) is 4.64. The summed E-state index contributed by atoms with van der Waals surface area (Å²) < 4.78 is 7.15. The first kappa shape index (κ1) is 10.4. The van der Waals surface area contributed by atoms with Gasteiger partial charge in [0.05, 0.1) is 12.8 Å². The lowest BCUT2D eigenvalue weighted by Gasteiger charge is -2.01. The molecule has 0 aliphatic rings. The molecule has 78 valence electrons. The van der Waals surface area contributed by atoms with E-state index >= 15 is 0 Å². The van der Waals surface area contributed by atoms with Gasteiger partial charge in [0.2, 0.25) is 0 Å². The standard InChI is InChI=1S/C9H6BrClN2O2/c10-7-3-6(5-15-7)4-13-2-1-12-8(11)9(13)14/h1-3,5H,4H2. The topological polar surface area (TPSA) is 48.0 Å². The van der Waals surface area contributed by atoms with Crippen LogP contribution in [0.1, 0.15) is 5.56 Å². The molecule has 0 aliphatic carbocycles. The van der Waals surface area contributed by atoms with Crippen molar-refractivity contribution in [3.8, 4) is 0 Å². The summed E-state index contributed by atoms with van der Waals surface area (Å²) in [6.45, 7) is 0.413. The Bertz CT molecular complexity index is 535. The normalized spacial score (nSPS) is 10.5. The largest absolute Gasteiger partial charge is 0.457 e. The average Bonchev–Trinajstić information content (AvgIpc) is 2.59. The minimum atomic E-state index is -0.309. The summed E-state index contributed by atoms with van der Waals surface area (Å²) in [6, 6.07) is 1.79. The summed E-state index contributed by atoms with van der Waals surface area (Å²) in [7, 11) is 0. The molecule has 0 aromatic carbocycles. The lowest BCUT2D eigenvalue weighted by molar-refractivity contribution is 0.537. The van der Waals surface area contributed by atoms with Gasteiger partial charge in [-0.2, -0.15) is 0 Å². The van der Waals surface area contributed by atoms with Crippen LogP contribution in [0.15, 0.2) is 38.6 Å². The molecule has 0 bridgehead atoms. The smallest absolute Gasteiger partial charge is 0.288 e. The van der Waals surface area contributed by atoms with E-state index in [1.165, 1.54) is 10.8 Å². The van der Waals surface area contributed by atoms with E-state index in [1.807, 2.05) is 0 Å². The minimum absolute atomic E-state index is 0.0277. The third-order valence-electron chi connectivity index (χ3n) is 1.85. The van der Waals surface area contributed by atoms with E-state index in [0.29, 0.717) is 11.2 Å². The molecule has 0 radical (unpaired) electrons. The molecule has 0 atom stereocenters. The molecule has 0 saturated heterocycles. The van der Waals surface area contributed by atoms with Gasteiger partial charge in [0, 0.05) is 18.0 Å². The van der Waals surface area contributed by atoms with Crippen molar-refractivity contribution in [2.45, 2.75) is 6.54 Å². The fourth-order valence-corrected chi connectivity index (χ4v) is 1.72. The van der Waals surface area contributed by atoms with Gasteiger partial charge in [0.1, 0.15) is 0 Å². The molecule has 0 aliphatic heterocycles. The van der Waals surface area contributed by atoms with Crippen LogP contribution in [0.5, 0.6) is 0 Å². The molecule has 2 rings (SSSR count). The molecule has 0 N–H and O–H groups in total. The van der Waals surface area contributed by atoms with Gasteiger partial charge in [-0.1, -0.05) is 11.6 Å². The number of hydrogen-bond acceptors (Lipinski definition) is 3. The molecule has 0 fully saturated rings. The van der Waals surface area contributed by atoms with Gasteiger partial charge in [-0.15, -0.1) is 0 Å². The van der Waals surface area contributed by atoms with E-state index < -0.39 is 0 Å². The highest BCUT2D eigenvalue weighted by molar-refractivity contribution is 9.10. The first-order chi connectivity index (χ1) is 7.16. The van der Waals surface area contributed by atoms with Gasteiger partial charge in [0.15, 0.2) is 9.82 Å². The van der Waals surface area contributed by atoms with Gasteiger partial charge in [-0.25, -0.2) is 4.98 Å². The SMILES string of the molecule is O=c1c(Cl)nccn1Cc1coc(Br)c1. The average molecular weight is 290 g/mol. The first-order valence-electron chi connectivity index (χ1n) is 4.10. The van der Waals surface area contributed by atoms with Crippen molar-refractivity contribution >= 4 is 27.5 Å². The Morgan fingerprint density at radius 3 is 3.07 bits per heavy atom. The van der Waals surface area contributed by atoms with Gasteiger partial charge in [-0.3, -0.25) is 4.79 Å². The summed E-state index contributed by atoms with van der Waals surface area (Å²) in [5.41, 5.74) is 0.572. The zero-order valence-electron chi connectivity index (χ0n) is 7.48. The molecule has 0 unspecified atom stereocenters. The number of hydrogen-bond donors (Lipinski definition) is 0. The minimum Gasteiger partial charge on any atom is -0.457 e. The van der Waals surface area contributed by atoms with Gasteiger partial charge in [-0.05, 0) is 22.0 Å². The van der Waals surface area contributed by atoms with E-state index in [1.54, 1.807) is 18.5 Å². The van der Waals surface area contributed by atoms with E-state index in [-0.39, 0.29) is 10.7 Å². The maximum atomic E-state index is 11.5. The number of nitrogens with zero attached hydrogens (tertiary/aromatic N) is 2. The fraction of sp³-hybridized carbons (Fsp3) is 0.111. The van der Waals surface area contributed by atoms with Crippen molar-refractivity contribution in [3.05, 3.63) is 50.5 Å². The zero-order chi connectivity index (χ0) is 10.8. The van der Waals surface area contributed by atoms with E-state index in [4.69, 9.17) is 16.0 Å². The highest BCUT2D eigenvalue weighted by atomic mass is 79.9. The molecule has 6 heteroatoms. The van der Waals surface area contributed by atoms with Gasteiger partial charge >= 0.3 is 0 Å². The first-order valence-corrected chi connectivity index (χ1v) is 5.28. The van der Waals surface area contributed by atoms with Crippen molar-refractivity contribution in [3.63, 3.8) is 0 Å². The van der Waals surface area contributed by atoms with E-state index in [2.05, 4.69) is 20.9 Å². The molecule has 0 saturated carbocycles. The molecule has 0 amide bonds. The third-order valence-corrected chi connectivity index (χ3v) is 2.52. The second-order valence-corrected chi connectivity index (χ2v) is 4.05. The molecule has 2 heterocycles. The maximum Gasteiger partial charge on any atom is 0.288 e. The Morgan fingerprint density at radius 1 is 1.60 bits per heavy atom. The Hall–Kier alpha value is -1.07. The van der Waals surface area contributed by atoms with Crippen molar-refractivity contribution in [2.75, 3.05) is 0 Å². The van der Waals surface area contributed by atoms with E-state index in [0.717, 1.165) is 5.56 Å². The van der Waals surface area contributed by atoms with Crippen molar-refractivity contribution in [2.24, 2.45) is 0 Å². The number of halogens is 2. The Kier molecular flexibility index (Phi) is 2.93. The lowest BCUT2D eigenvalue weighted by Crippen LogP contribution is -2.20. The van der Waals surface area contributed by atoms with Crippen LogP contribution >= 0.6 is 27.5 Å². The molecular formula is C9H6BrClN2O2. The van der Waals surface area contributed by atoms with Gasteiger partial charge in [0.25, 0.3) is 5.56 Å². The molecule has 4 nitrogen and oxygen atoms in total. The summed E-state index contributed by atoms with van der Waals surface area (Å²) in [5.74, 6) is 0. The third kappa shape index (κ3) is 2.30. The molecular weight excluding hydrogens is 283 g/mol. The quantitative estimate of drug-likeness (QED) is 0.852. The van der Waals surface area contributed by atoms with Crippen molar-refractivity contribution in [1.29, 1.82) is 0 Å². The number of furan rings is 1. The predicted molar refractivity (Wildman–Crippen MR) is 59.0 cm³/mol.